The number of alkyl carbamates (subject to hydrolysis) is 3. The molecule has 0 aromatic heterocycles. The molecule has 0 bridgehead atoms. The number of piperidine rings is 1. The number of hydrogen-bond acceptors (Lipinski definition) is 9. The molecular weight excluding hydrogens is 587 g/mol. The Kier molecular flexibility index (Phi) is 15.0. The molecule has 45 heavy (non-hydrogen) atoms. The van der Waals surface area contributed by atoms with Crippen molar-refractivity contribution in [3.63, 3.8) is 0 Å². The minimum absolute atomic E-state index is 0.0275. The van der Waals surface area contributed by atoms with E-state index in [0.29, 0.717) is 32.0 Å². The Labute approximate surface area is 267 Å². The summed E-state index contributed by atoms with van der Waals surface area (Å²) in [4.78, 5) is 65.6. The van der Waals surface area contributed by atoms with Crippen molar-refractivity contribution in [2.75, 3.05) is 19.6 Å². The van der Waals surface area contributed by atoms with Gasteiger partial charge in [0.05, 0.1) is 6.54 Å². The maximum atomic E-state index is 14.0. The van der Waals surface area contributed by atoms with Gasteiger partial charge in [0.25, 0.3) is 7.48 Å². The molecule has 0 radical (unpaired) electrons. The molecule has 0 spiro atoms. The number of nitrogens with zero attached hydrogens (tertiary/aromatic N) is 1. The summed E-state index contributed by atoms with van der Waals surface area (Å²) in [6.45, 7) is 15.4. The lowest BCUT2D eigenvalue weighted by Crippen LogP contribution is -2.67. The van der Waals surface area contributed by atoms with Crippen LogP contribution in [-0.4, -0.2) is 101 Å². The van der Waals surface area contributed by atoms with Crippen LogP contribution in [0.25, 0.3) is 0 Å². The highest BCUT2D eigenvalue weighted by molar-refractivity contribution is 6.25. The van der Waals surface area contributed by atoms with Crippen molar-refractivity contribution < 1.29 is 48.3 Å². The number of carbonyl (C=O) groups excluding carboxylic acids is 4. The number of likely N-dealkylation sites (tertiary alicyclic amines) is 1. The molecule has 0 aromatic carbocycles. The highest BCUT2D eigenvalue weighted by Gasteiger charge is 2.49. The lowest BCUT2D eigenvalue weighted by Gasteiger charge is -2.45. The van der Waals surface area contributed by atoms with Crippen LogP contribution in [0.15, 0.2) is 0 Å². The molecule has 1 rings (SSSR count). The number of carboxylic acids is 1. The maximum Gasteiger partial charge on any atom is 0.408 e. The van der Waals surface area contributed by atoms with Gasteiger partial charge in [-0.15, -0.1) is 0 Å². The zero-order valence-corrected chi connectivity index (χ0v) is 28.5. The van der Waals surface area contributed by atoms with Gasteiger partial charge in [0.2, 0.25) is 5.91 Å². The first kappa shape index (κ1) is 39.8. The summed E-state index contributed by atoms with van der Waals surface area (Å²) in [6.07, 6.45) is 0.449. The number of amides is 4. The number of nitrogens with one attached hydrogen (secondary N) is 3. The summed E-state index contributed by atoms with van der Waals surface area (Å²) >= 11 is 0. The molecule has 1 aliphatic heterocycles. The molecule has 1 aliphatic rings. The molecule has 1 unspecified atom stereocenters. The lowest BCUT2D eigenvalue weighted by molar-refractivity contribution is -0.152. The Morgan fingerprint density at radius 1 is 0.867 bits per heavy atom. The van der Waals surface area contributed by atoms with Crippen molar-refractivity contribution in [2.24, 2.45) is 5.92 Å². The molecule has 0 aromatic rings. The highest BCUT2D eigenvalue weighted by Crippen LogP contribution is 2.31. The average molecular weight is 643 g/mol. The van der Waals surface area contributed by atoms with Crippen LogP contribution in [0.4, 0.5) is 14.4 Å². The Bertz CT molecular complexity index is 1020. The van der Waals surface area contributed by atoms with E-state index in [9.17, 15) is 34.1 Å². The van der Waals surface area contributed by atoms with Crippen LogP contribution in [-0.2, 0) is 23.8 Å². The van der Waals surface area contributed by atoms with Gasteiger partial charge in [0, 0.05) is 13.1 Å². The van der Waals surface area contributed by atoms with E-state index in [1.165, 1.54) is 4.90 Å². The van der Waals surface area contributed by atoms with Gasteiger partial charge in [-0.25, -0.2) is 19.2 Å². The van der Waals surface area contributed by atoms with Gasteiger partial charge < -0.3 is 45.2 Å². The summed E-state index contributed by atoms with van der Waals surface area (Å²) < 4.78 is 16.0. The van der Waals surface area contributed by atoms with Crippen LogP contribution in [0.5, 0.6) is 0 Å². The fourth-order valence-electron chi connectivity index (χ4n) is 4.93. The monoisotopic (exact) mass is 642 g/mol. The first-order chi connectivity index (χ1) is 20.6. The predicted molar refractivity (Wildman–Crippen MR) is 169 cm³/mol. The zero-order valence-electron chi connectivity index (χ0n) is 28.5. The van der Waals surface area contributed by atoms with Crippen LogP contribution >= 0.6 is 0 Å². The fraction of sp³-hybridized carbons (Fsp3) is 0.833. The van der Waals surface area contributed by atoms with Gasteiger partial charge in [0.1, 0.15) is 22.8 Å². The summed E-state index contributed by atoms with van der Waals surface area (Å²) in [6, 6.07) is -1.06. The van der Waals surface area contributed by atoms with E-state index >= 15 is 0 Å². The lowest BCUT2D eigenvalue weighted by atomic mass is 9.78. The van der Waals surface area contributed by atoms with Gasteiger partial charge in [-0.2, -0.15) is 0 Å². The van der Waals surface area contributed by atoms with Crippen molar-refractivity contribution in [1.29, 1.82) is 0 Å². The van der Waals surface area contributed by atoms with Gasteiger partial charge in [0.15, 0.2) is 5.54 Å². The zero-order chi connectivity index (χ0) is 34.6. The van der Waals surface area contributed by atoms with E-state index in [1.54, 1.807) is 62.3 Å². The molecule has 5 N–H and O–H groups in total. The fourth-order valence-corrected chi connectivity index (χ4v) is 4.93. The van der Waals surface area contributed by atoms with E-state index in [-0.39, 0.29) is 45.9 Å². The Morgan fingerprint density at radius 3 is 1.96 bits per heavy atom. The van der Waals surface area contributed by atoms with Crippen LogP contribution in [0.1, 0.15) is 101 Å². The van der Waals surface area contributed by atoms with E-state index in [1.807, 2.05) is 0 Å². The summed E-state index contributed by atoms with van der Waals surface area (Å²) in [5, 5.41) is 27.5. The molecule has 1 fully saturated rings. The summed E-state index contributed by atoms with van der Waals surface area (Å²) in [5.41, 5.74) is -4.19. The quantitative estimate of drug-likeness (QED) is 0.113. The number of hydrogen-bond donors (Lipinski definition) is 5. The average Bonchev–Trinajstić information content (AvgIpc) is 2.84. The van der Waals surface area contributed by atoms with Crippen LogP contribution in [0.2, 0.25) is 6.32 Å². The van der Waals surface area contributed by atoms with Gasteiger partial charge in [-0.05, 0) is 100 Å². The highest BCUT2D eigenvalue weighted by atomic mass is 16.6. The normalized spacial score (nSPS) is 19.5. The Hall–Kier alpha value is -3.23. The first-order valence-corrected chi connectivity index (χ1v) is 15.7. The Balaban J connectivity index is 3.21. The Morgan fingerprint density at radius 2 is 1.42 bits per heavy atom. The summed E-state index contributed by atoms with van der Waals surface area (Å²) in [5.74, 6) is -2.16. The van der Waals surface area contributed by atoms with Gasteiger partial charge >= 0.3 is 24.2 Å². The van der Waals surface area contributed by atoms with Crippen molar-refractivity contribution in [1.82, 2.24) is 20.9 Å². The van der Waals surface area contributed by atoms with Crippen molar-refractivity contribution >= 4 is 37.6 Å². The standard InChI is InChI=1S/C30H55BN4O10/c1-27(2,3)43-24(39)32-16-11-10-14-21(33-25(40)44-28(4,5)6)22(36)35-18-20(13-12-15-31-42)17-30(19-35,23(37)38)34-26(41)45-29(7,8)9/h20-21,31,42H,10-19H2,1-9H3,(H,32,39)(H,33,40)(H,34,41)(H,37,38)/t20-,21?,30+/m0/s1. The third kappa shape index (κ3) is 16.1. The number of carboxylic acid groups (broad SMARTS) is 1. The molecule has 258 valence electrons. The van der Waals surface area contributed by atoms with Crippen molar-refractivity contribution in [3.05, 3.63) is 0 Å². The van der Waals surface area contributed by atoms with E-state index in [4.69, 9.17) is 14.2 Å². The third-order valence-corrected chi connectivity index (χ3v) is 6.64. The molecular formula is C30H55BN4O10. The van der Waals surface area contributed by atoms with E-state index < -0.39 is 58.5 Å². The van der Waals surface area contributed by atoms with E-state index in [0.717, 1.165) is 0 Å². The molecule has 1 saturated heterocycles. The molecule has 4 amide bonds. The van der Waals surface area contributed by atoms with Crippen LogP contribution in [0, 0.1) is 5.92 Å². The molecule has 0 saturated carbocycles. The number of aliphatic carboxylic acids is 1. The second kappa shape index (κ2) is 16.9. The second-order valence-corrected chi connectivity index (χ2v) is 14.6. The second-order valence-electron chi connectivity index (χ2n) is 14.6. The topological polar surface area (TPSA) is 193 Å². The smallest absolute Gasteiger partial charge is 0.408 e. The largest absolute Gasteiger partial charge is 0.479 e. The molecule has 15 heteroatoms. The van der Waals surface area contributed by atoms with E-state index in [2.05, 4.69) is 16.0 Å². The van der Waals surface area contributed by atoms with Crippen LogP contribution in [0.3, 0.4) is 0 Å². The molecule has 3 atom stereocenters. The number of rotatable bonds is 13. The SMILES string of the molecule is CC(C)(C)OC(=O)NCCCCC(NC(=O)OC(C)(C)C)C(=O)N1C[C@@H](CCCBO)C[C@](NC(=O)OC(C)(C)C)(C(=O)O)C1. The molecule has 1 heterocycles. The first-order valence-electron chi connectivity index (χ1n) is 15.7. The minimum Gasteiger partial charge on any atom is -0.479 e. The third-order valence-electron chi connectivity index (χ3n) is 6.64. The van der Waals surface area contributed by atoms with Gasteiger partial charge in [-0.3, -0.25) is 4.79 Å². The summed E-state index contributed by atoms with van der Waals surface area (Å²) in [7, 11) is -0.0275. The van der Waals surface area contributed by atoms with Crippen molar-refractivity contribution in [3.8, 4) is 0 Å². The minimum atomic E-state index is -1.84. The number of unbranched alkanes of at least 4 members (excludes halogenated alkanes) is 1. The van der Waals surface area contributed by atoms with Crippen molar-refractivity contribution in [2.45, 2.75) is 136 Å². The van der Waals surface area contributed by atoms with Gasteiger partial charge in [-0.1, -0.05) is 12.7 Å². The number of ether oxygens (including phenoxy) is 3. The molecule has 14 nitrogen and oxygen atoms in total. The maximum absolute atomic E-state index is 14.0. The number of carbonyl (C=O) groups is 5. The predicted octanol–water partition coefficient (Wildman–Crippen LogP) is 3.31. The molecule has 0 aliphatic carbocycles. The van der Waals surface area contributed by atoms with Crippen LogP contribution < -0.4 is 16.0 Å².